The number of nitrogens with zero attached hydrogens (tertiary/aromatic N) is 1. The Morgan fingerprint density at radius 1 is 1.09 bits per heavy atom. The molecule has 0 atom stereocenters. The van der Waals surface area contributed by atoms with Gasteiger partial charge in [-0.05, 0) is 41.9 Å². The number of benzene rings is 1. The lowest BCUT2D eigenvalue weighted by Crippen LogP contribution is -1.91. The van der Waals surface area contributed by atoms with Crippen molar-refractivity contribution in [3.05, 3.63) is 40.0 Å². The second-order valence-corrected chi connectivity index (χ2v) is 6.06. The van der Waals surface area contributed by atoms with Crippen molar-refractivity contribution in [1.29, 1.82) is 0 Å². The number of furan rings is 2. The summed E-state index contributed by atoms with van der Waals surface area (Å²) in [5.41, 5.74) is 2.30. The van der Waals surface area contributed by atoms with E-state index in [0.29, 0.717) is 22.4 Å². The van der Waals surface area contributed by atoms with Crippen LogP contribution in [0.3, 0.4) is 0 Å². The number of hydrogen-bond acceptors (Lipinski definition) is 5. The molecule has 6 nitrogen and oxygen atoms in total. The lowest BCUT2D eigenvalue weighted by molar-refractivity contribution is 0.0652. The molecule has 4 aromatic rings. The molecule has 0 amide bonds. The minimum atomic E-state index is -1.17. The highest BCUT2D eigenvalue weighted by molar-refractivity contribution is 9.10. The van der Waals surface area contributed by atoms with Crippen LogP contribution in [-0.2, 0) is 0 Å². The highest BCUT2D eigenvalue weighted by Crippen LogP contribution is 2.43. The van der Waals surface area contributed by atoms with Gasteiger partial charge < -0.3 is 18.5 Å². The summed E-state index contributed by atoms with van der Waals surface area (Å²) in [5.74, 6) is 0.0571. The number of carboxylic acids is 1. The van der Waals surface area contributed by atoms with Gasteiger partial charge in [-0.2, -0.15) is 0 Å². The Kier molecular flexibility index (Phi) is 2.89. The molecule has 0 saturated carbocycles. The topological polar surface area (TPSA) is 89.6 Å². The third-order valence-corrected chi connectivity index (χ3v) is 4.41. The van der Waals surface area contributed by atoms with Crippen LogP contribution >= 0.6 is 15.9 Å². The molecule has 0 fully saturated rings. The summed E-state index contributed by atoms with van der Waals surface area (Å²) in [6.07, 6.45) is 0. The predicted molar refractivity (Wildman–Crippen MR) is 85.6 cm³/mol. The van der Waals surface area contributed by atoms with Gasteiger partial charge >= 0.3 is 5.97 Å². The molecule has 4 rings (SSSR count). The molecule has 0 spiro atoms. The number of aryl methyl sites for hydroxylation is 2. The van der Waals surface area contributed by atoms with Crippen LogP contribution in [-0.4, -0.2) is 16.2 Å². The summed E-state index contributed by atoms with van der Waals surface area (Å²) in [6.45, 7) is 3.68. The molecule has 3 heterocycles. The molecule has 0 unspecified atom stereocenters. The monoisotopic (exact) mass is 375 g/mol. The van der Waals surface area contributed by atoms with Gasteiger partial charge in [-0.1, -0.05) is 5.16 Å². The third-order valence-electron chi connectivity index (χ3n) is 3.62. The Morgan fingerprint density at radius 3 is 2.39 bits per heavy atom. The molecular formula is C16H10BrNO5. The van der Waals surface area contributed by atoms with Crippen molar-refractivity contribution in [3.63, 3.8) is 0 Å². The van der Waals surface area contributed by atoms with Crippen LogP contribution in [0.5, 0.6) is 0 Å². The Hall–Kier alpha value is -2.54. The first-order valence-corrected chi connectivity index (χ1v) is 7.57. The molecule has 1 N–H and O–H groups in total. The average Bonchev–Trinajstić information content (AvgIpc) is 3.17. The van der Waals surface area contributed by atoms with Gasteiger partial charge in [-0.25, -0.2) is 4.79 Å². The molecule has 3 aromatic heterocycles. The molecule has 7 heteroatoms. The van der Waals surface area contributed by atoms with Crippen molar-refractivity contribution in [2.45, 2.75) is 13.8 Å². The fourth-order valence-corrected chi connectivity index (χ4v) is 3.31. The van der Waals surface area contributed by atoms with E-state index in [1.165, 1.54) is 6.07 Å². The zero-order valence-electron chi connectivity index (χ0n) is 12.1. The van der Waals surface area contributed by atoms with Gasteiger partial charge in [0.15, 0.2) is 0 Å². The van der Waals surface area contributed by atoms with Crippen molar-refractivity contribution in [2.75, 3.05) is 0 Å². The average molecular weight is 376 g/mol. The smallest absolute Gasteiger partial charge is 0.374 e. The zero-order chi connectivity index (χ0) is 16.3. The SMILES string of the molecule is Cc1cc2c(-c3cc(C(=O)O)on3)c3oc(C)cc3c(Br)c2o1. The number of hydrogen-bond donors (Lipinski definition) is 1. The maximum absolute atomic E-state index is 11.1. The van der Waals surface area contributed by atoms with Crippen LogP contribution in [0.1, 0.15) is 22.1 Å². The highest BCUT2D eigenvalue weighted by Gasteiger charge is 2.23. The Balaban J connectivity index is 2.16. The minimum absolute atomic E-state index is 0.229. The zero-order valence-corrected chi connectivity index (χ0v) is 13.7. The summed E-state index contributed by atoms with van der Waals surface area (Å²) in [7, 11) is 0. The Bertz CT molecular complexity index is 1030. The molecule has 0 aliphatic carbocycles. The number of fused-ring (bicyclic) bond motifs is 2. The van der Waals surface area contributed by atoms with Crippen LogP contribution in [0.2, 0.25) is 0 Å². The number of rotatable bonds is 2. The Labute approximate surface area is 137 Å². The lowest BCUT2D eigenvalue weighted by Gasteiger charge is -2.02. The molecule has 23 heavy (non-hydrogen) atoms. The number of aromatic carboxylic acids is 1. The van der Waals surface area contributed by atoms with Crippen molar-refractivity contribution in [3.8, 4) is 11.3 Å². The summed E-state index contributed by atoms with van der Waals surface area (Å²) in [6, 6.07) is 5.13. The fourth-order valence-electron chi connectivity index (χ4n) is 2.72. The maximum atomic E-state index is 11.1. The van der Waals surface area contributed by atoms with E-state index in [9.17, 15) is 4.79 Å². The predicted octanol–water partition coefficient (Wildman–Crippen LogP) is 4.91. The van der Waals surface area contributed by atoms with Gasteiger partial charge in [0.1, 0.15) is 28.4 Å². The normalized spacial score (nSPS) is 11.6. The molecule has 1 aromatic carbocycles. The summed E-state index contributed by atoms with van der Waals surface area (Å²) in [5, 5.41) is 14.5. The number of carbonyl (C=O) groups is 1. The first-order chi connectivity index (χ1) is 11.0. The van der Waals surface area contributed by atoms with Crippen molar-refractivity contribution < 1.29 is 23.3 Å². The summed E-state index contributed by atoms with van der Waals surface area (Å²) >= 11 is 3.55. The number of aromatic nitrogens is 1. The van der Waals surface area contributed by atoms with Gasteiger partial charge in [0.05, 0.1) is 10.0 Å². The van der Waals surface area contributed by atoms with E-state index in [1.54, 1.807) is 0 Å². The number of carboxylic acid groups (broad SMARTS) is 1. The van der Waals surface area contributed by atoms with Crippen LogP contribution in [0.15, 0.2) is 36.0 Å². The van der Waals surface area contributed by atoms with E-state index in [0.717, 1.165) is 26.8 Å². The van der Waals surface area contributed by atoms with E-state index >= 15 is 0 Å². The minimum Gasteiger partial charge on any atom is -0.475 e. The van der Waals surface area contributed by atoms with E-state index < -0.39 is 5.97 Å². The Morgan fingerprint density at radius 2 is 1.74 bits per heavy atom. The van der Waals surface area contributed by atoms with Gasteiger partial charge in [0.2, 0.25) is 5.76 Å². The number of halogens is 1. The highest BCUT2D eigenvalue weighted by atomic mass is 79.9. The van der Waals surface area contributed by atoms with Gasteiger partial charge in [-0.15, -0.1) is 0 Å². The van der Waals surface area contributed by atoms with Crippen LogP contribution < -0.4 is 0 Å². The van der Waals surface area contributed by atoms with Crippen molar-refractivity contribution in [2.24, 2.45) is 0 Å². The third kappa shape index (κ3) is 2.00. The first-order valence-electron chi connectivity index (χ1n) is 6.78. The summed E-state index contributed by atoms with van der Waals surface area (Å²) in [4.78, 5) is 11.1. The second kappa shape index (κ2) is 4.73. The van der Waals surface area contributed by atoms with E-state index in [4.69, 9.17) is 18.5 Å². The van der Waals surface area contributed by atoms with Crippen molar-refractivity contribution >= 4 is 43.8 Å². The van der Waals surface area contributed by atoms with E-state index in [-0.39, 0.29) is 5.76 Å². The van der Waals surface area contributed by atoms with Crippen LogP contribution in [0, 0.1) is 13.8 Å². The van der Waals surface area contributed by atoms with Crippen LogP contribution in [0.25, 0.3) is 33.2 Å². The maximum Gasteiger partial charge on any atom is 0.374 e. The molecule has 0 bridgehead atoms. The summed E-state index contributed by atoms with van der Waals surface area (Å²) < 4.78 is 17.3. The molecule has 116 valence electrons. The molecule has 0 aliphatic rings. The fraction of sp³-hybridized carbons (Fsp3) is 0.125. The van der Waals surface area contributed by atoms with Crippen molar-refractivity contribution in [1.82, 2.24) is 5.16 Å². The molecule has 0 aliphatic heterocycles. The standard InChI is InChI=1S/C16H10BrNO5/c1-6-3-8-12(10-5-11(16(19)20)23-18-10)14-9(4-7(2)21-14)13(17)15(8)22-6/h3-5H,1-2H3,(H,19,20). The molecule has 0 saturated heterocycles. The second-order valence-electron chi connectivity index (χ2n) is 5.27. The van der Waals surface area contributed by atoms with E-state index in [2.05, 4.69) is 21.1 Å². The molecule has 0 radical (unpaired) electrons. The largest absolute Gasteiger partial charge is 0.475 e. The van der Waals surface area contributed by atoms with E-state index in [1.807, 2.05) is 26.0 Å². The van der Waals surface area contributed by atoms with Crippen LogP contribution in [0.4, 0.5) is 0 Å². The molecular weight excluding hydrogens is 366 g/mol. The van der Waals surface area contributed by atoms with Gasteiger partial charge in [0, 0.05) is 16.8 Å². The quantitative estimate of drug-likeness (QED) is 0.535. The van der Waals surface area contributed by atoms with Gasteiger partial charge in [0.25, 0.3) is 0 Å². The van der Waals surface area contributed by atoms with Gasteiger partial charge in [-0.3, -0.25) is 0 Å². The first kappa shape index (κ1) is 14.1. The lowest BCUT2D eigenvalue weighted by atomic mass is 10.0.